The van der Waals surface area contributed by atoms with Crippen LogP contribution in [0.25, 0.3) is 0 Å². The molecule has 1 unspecified atom stereocenters. The highest BCUT2D eigenvalue weighted by Crippen LogP contribution is 2.39. The molecule has 0 amide bonds. The van der Waals surface area contributed by atoms with Crippen LogP contribution >= 0.6 is 11.8 Å². The number of aromatic nitrogens is 1. The van der Waals surface area contributed by atoms with Crippen molar-refractivity contribution in [3.63, 3.8) is 0 Å². The van der Waals surface area contributed by atoms with E-state index in [4.69, 9.17) is 5.26 Å². The number of anilines is 2. The fourth-order valence-electron chi connectivity index (χ4n) is 2.85. The Balaban J connectivity index is 1.95. The lowest BCUT2D eigenvalue weighted by atomic mass is 9.91. The van der Waals surface area contributed by atoms with Gasteiger partial charge in [0.1, 0.15) is 23.2 Å². The van der Waals surface area contributed by atoms with Crippen LogP contribution in [0.4, 0.5) is 15.9 Å². The Labute approximate surface area is 150 Å². The molecule has 1 aromatic carbocycles. The number of allylic oxidation sites excluding steroid dienone is 1. The van der Waals surface area contributed by atoms with Crippen LogP contribution in [-0.4, -0.2) is 10.0 Å². The van der Waals surface area contributed by atoms with Crippen LogP contribution in [-0.2, 0) is 5.54 Å². The molecule has 1 aliphatic heterocycles. The van der Waals surface area contributed by atoms with Crippen molar-refractivity contribution in [3.8, 4) is 6.07 Å². The van der Waals surface area contributed by atoms with Gasteiger partial charge in [0.2, 0.25) is 0 Å². The summed E-state index contributed by atoms with van der Waals surface area (Å²) in [5.41, 5.74) is 0.972. The van der Waals surface area contributed by atoms with Crippen molar-refractivity contribution in [1.29, 1.82) is 5.26 Å². The van der Waals surface area contributed by atoms with Crippen molar-refractivity contribution in [2.24, 2.45) is 4.99 Å². The van der Waals surface area contributed by atoms with Crippen molar-refractivity contribution >= 4 is 28.3 Å². The molecule has 2 heterocycles. The zero-order valence-electron chi connectivity index (χ0n) is 14.2. The minimum atomic E-state index is -0.737. The first-order valence-corrected chi connectivity index (χ1v) is 8.58. The first kappa shape index (κ1) is 17.2. The Morgan fingerprint density at radius 1 is 1.24 bits per heavy atom. The predicted octanol–water partition coefficient (Wildman–Crippen LogP) is 5.12. The second-order valence-corrected chi connectivity index (χ2v) is 7.44. The largest absolute Gasteiger partial charge is 0.340 e. The molecule has 3 rings (SSSR count). The first-order chi connectivity index (χ1) is 11.9. The summed E-state index contributed by atoms with van der Waals surface area (Å²) < 4.78 is 14.5. The highest BCUT2D eigenvalue weighted by atomic mass is 32.2. The van der Waals surface area contributed by atoms with Crippen LogP contribution < -0.4 is 5.32 Å². The van der Waals surface area contributed by atoms with E-state index in [-0.39, 0.29) is 5.82 Å². The number of halogens is 1. The Hall–Kier alpha value is -2.65. The first-order valence-electron chi connectivity index (χ1n) is 7.76. The van der Waals surface area contributed by atoms with Gasteiger partial charge in [0.25, 0.3) is 0 Å². The van der Waals surface area contributed by atoms with Crippen LogP contribution in [0.5, 0.6) is 0 Å². The molecule has 0 aliphatic carbocycles. The lowest BCUT2D eigenvalue weighted by molar-refractivity contribution is 0.545. The SMILES string of the molecule is CC1=CC(C)(c2cc(Nc3ccc(C#N)cn3)ccc2F)N=C(C)S1. The number of thioether (sulfide) groups is 1. The van der Waals surface area contributed by atoms with Crippen molar-refractivity contribution in [3.05, 3.63) is 64.5 Å². The van der Waals surface area contributed by atoms with Gasteiger partial charge in [-0.1, -0.05) is 11.8 Å². The maximum absolute atomic E-state index is 14.5. The molecule has 1 N–H and O–H groups in total. The van der Waals surface area contributed by atoms with Crippen LogP contribution in [0.2, 0.25) is 0 Å². The molecule has 0 spiro atoms. The fraction of sp³-hybridized carbons (Fsp3) is 0.211. The van der Waals surface area contributed by atoms with Gasteiger partial charge < -0.3 is 5.32 Å². The molecule has 6 heteroatoms. The van der Waals surface area contributed by atoms with Crippen LogP contribution in [0.15, 0.2) is 52.5 Å². The summed E-state index contributed by atoms with van der Waals surface area (Å²) >= 11 is 1.59. The highest BCUT2D eigenvalue weighted by molar-refractivity contribution is 8.17. The maximum atomic E-state index is 14.5. The van der Waals surface area contributed by atoms with Crippen LogP contribution in [0.3, 0.4) is 0 Å². The molecule has 2 aromatic rings. The Morgan fingerprint density at radius 2 is 2.04 bits per heavy atom. The van der Waals surface area contributed by atoms with Gasteiger partial charge in [0.05, 0.1) is 10.6 Å². The molecule has 0 saturated heterocycles. The van der Waals surface area contributed by atoms with Gasteiger partial charge in [-0.05, 0) is 62.1 Å². The molecule has 0 radical (unpaired) electrons. The standard InChI is InChI=1S/C19H17FN4S/c1-12-9-19(3,24-13(2)25-12)16-8-15(5-6-17(16)20)23-18-7-4-14(10-21)11-22-18/h4-9,11H,1-3H3,(H,22,23). The highest BCUT2D eigenvalue weighted by Gasteiger charge is 2.30. The Morgan fingerprint density at radius 3 is 2.68 bits per heavy atom. The lowest BCUT2D eigenvalue weighted by Gasteiger charge is -2.28. The van der Waals surface area contributed by atoms with Crippen molar-refractivity contribution in [2.45, 2.75) is 26.3 Å². The van der Waals surface area contributed by atoms with Crippen LogP contribution in [0, 0.1) is 17.1 Å². The number of hydrogen-bond acceptors (Lipinski definition) is 5. The number of nitrogens with zero attached hydrogens (tertiary/aromatic N) is 3. The van der Waals surface area contributed by atoms with Crippen LogP contribution in [0.1, 0.15) is 31.9 Å². The quantitative estimate of drug-likeness (QED) is 0.833. The normalized spacial score (nSPS) is 19.6. The van der Waals surface area contributed by atoms with E-state index in [1.54, 1.807) is 36.0 Å². The minimum absolute atomic E-state index is 0.298. The smallest absolute Gasteiger partial charge is 0.130 e. The second-order valence-electron chi connectivity index (χ2n) is 6.00. The van der Waals surface area contributed by atoms with E-state index in [0.717, 1.165) is 9.95 Å². The third kappa shape index (κ3) is 3.72. The maximum Gasteiger partial charge on any atom is 0.130 e. The molecule has 1 aromatic heterocycles. The van der Waals surface area contributed by atoms with Crippen molar-refractivity contribution in [1.82, 2.24) is 4.98 Å². The average molecular weight is 352 g/mol. The second kappa shape index (κ2) is 6.69. The van der Waals surface area contributed by atoms with E-state index in [0.29, 0.717) is 22.6 Å². The van der Waals surface area contributed by atoms with Gasteiger partial charge in [-0.2, -0.15) is 5.26 Å². The fourth-order valence-corrected chi connectivity index (χ4v) is 3.84. The van der Waals surface area contributed by atoms with E-state index in [1.165, 1.54) is 12.3 Å². The van der Waals surface area contributed by atoms with Gasteiger partial charge >= 0.3 is 0 Å². The number of aliphatic imine (C=N–C) groups is 1. The molecule has 0 bridgehead atoms. The van der Waals surface area contributed by atoms with Gasteiger partial charge in [-0.3, -0.25) is 4.99 Å². The molecule has 0 saturated carbocycles. The molecule has 25 heavy (non-hydrogen) atoms. The van der Waals surface area contributed by atoms with E-state index in [2.05, 4.69) is 15.3 Å². The van der Waals surface area contributed by atoms with E-state index < -0.39 is 5.54 Å². The number of pyridine rings is 1. The van der Waals surface area contributed by atoms with E-state index in [1.807, 2.05) is 32.9 Å². The zero-order valence-corrected chi connectivity index (χ0v) is 15.0. The number of benzene rings is 1. The van der Waals surface area contributed by atoms with Crippen molar-refractivity contribution in [2.75, 3.05) is 5.32 Å². The molecule has 1 aliphatic rings. The topological polar surface area (TPSA) is 61.1 Å². The minimum Gasteiger partial charge on any atom is -0.340 e. The summed E-state index contributed by atoms with van der Waals surface area (Å²) in [5, 5.41) is 12.9. The number of nitrogens with one attached hydrogen (secondary N) is 1. The molecule has 1 atom stereocenters. The molecular formula is C19H17FN4S. The monoisotopic (exact) mass is 352 g/mol. The van der Waals surface area contributed by atoms with Gasteiger partial charge in [0, 0.05) is 17.4 Å². The van der Waals surface area contributed by atoms with Gasteiger partial charge in [-0.25, -0.2) is 9.37 Å². The van der Waals surface area contributed by atoms with Gasteiger partial charge in [0.15, 0.2) is 0 Å². The summed E-state index contributed by atoms with van der Waals surface area (Å²) in [6.07, 6.45) is 3.47. The number of rotatable bonds is 3. The van der Waals surface area contributed by atoms with Gasteiger partial charge in [-0.15, -0.1) is 0 Å². The van der Waals surface area contributed by atoms with Crippen molar-refractivity contribution < 1.29 is 4.39 Å². The summed E-state index contributed by atoms with van der Waals surface area (Å²) in [6.45, 7) is 5.84. The summed E-state index contributed by atoms with van der Waals surface area (Å²) in [5.74, 6) is 0.292. The number of hydrogen-bond donors (Lipinski definition) is 1. The van der Waals surface area contributed by atoms with E-state index >= 15 is 0 Å². The third-order valence-electron chi connectivity index (χ3n) is 3.86. The molecular weight excluding hydrogens is 335 g/mol. The molecule has 0 fully saturated rings. The van der Waals surface area contributed by atoms with E-state index in [9.17, 15) is 4.39 Å². The average Bonchev–Trinajstić information content (AvgIpc) is 2.56. The zero-order chi connectivity index (χ0) is 18.0. The Bertz CT molecular complexity index is 892. The summed E-state index contributed by atoms with van der Waals surface area (Å²) in [6, 6.07) is 10.3. The molecule has 4 nitrogen and oxygen atoms in total. The summed E-state index contributed by atoms with van der Waals surface area (Å²) in [4.78, 5) is 9.93. The lowest BCUT2D eigenvalue weighted by Crippen LogP contribution is -2.22. The predicted molar refractivity (Wildman–Crippen MR) is 100 cm³/mol. The molecule has 126 valence electrons. The Kier molecular flexibility index (Phi) is 4.60. The third-order valence-corrected chi connectivity index (χ3v) is 4.69. The summed E-state index contributed by atoms with van der Waals surface area (Å²) in [7, 11) is 0. The number of nitriles is 1.